The highest BCUT2D eigenvalue weighted by molar-refractivity contribution is 5.77. The Hall–Kier alpha value is -2.24. The minimum Gasteiger partial charge on any atom is -0.497 e. The lowest BCUT2D eigenvalue weighted by molar-refractivity contribution is -0.135. The Morgan fingerprint density at radius 1 is 1.38 bits per heavy atom. The lowest BCUT2D eigenvalue weighted by Crippen LogP contribution is -2.31. The number of hydrogen-bond acceptors (Lipinski definition) is 4. The first-order valence-corrected chi connectivity index (χ1v) is 4.43. The van der Waals surface area contributed by atoms with E-state index in [9.17, 15) is 9.59 Å². The van der Waals surface area contributed by atoms with Gasteiger partial charge in [0.25, 0.3) is 0 Å². The van der Waals surface area contributed by atoms with E-state index in [4.69, 9.17) is 14.6 Å². The van der Waals surface area contributed by atoms with Crippen LogP contribution in [0.5, 0.6) is 11.5 Å². The highest BCUT2D eigenvalue weighted by atomic mass is 16.6. The summed E-state index contributed by atoms with van der Waals surface area (Å²) in [5, 5.41) is 10.4. The Labute approximate surface area is 91.8 Å². The first-order valence-electron chi connectivity index (χ1n) is 4.43. The number of carboxylic acid groups (broad SMARTS) is 1. The molecule has 0 aliphatic carbocycles. The average Bonchev–Trinajstić information content (AvgIpc) is 2.26. The van der Waals surface area contributed by atoms with Crippen molar-refractivity contribution in [3.8, 4) is 11.5 Å². The molecule has 16 heavy (non-hydrogen) atoms. The van der Waals surface area contributed by atoms with Crippen LogP contribution in [0.3, 0.4) is 0 Å². The van der Waals surface area contributed by atoms with E-state index in [0.717, 1.165) is 0 Å². The third-order valence-corrected chi connectivity index (χ3v) is 1.64. The second-order valence-corrected chi connectivity index (χ2v) is 2.82. The number of carbonyl (C=O) groups is 2. The molecule has 0 atom stereocenters. The largest absolute Gasteiger partial charge is 0.497 e. The van der Waals surface area contributed by atoms with Crippen LogP contribution in [0.25, 0.3) is 0 Å². The Morgan fingerprint density at radius 3 is 2.69 bits per heavy atom. The zero-order chi connectivity index (χ0) is 12.0. The Kier molecular flexibility index (Phi) is 4.14. The quantitative estimate of drug-likeness (QED) is 0.794. The van der Waals surface area contributed by atoms with Crippen molar-refractivity contribution >= 4 is 12.1 Å². The standard InChI is InChI=1S/C10H11NO5/c1-15-7-3-2-4-8(5-7)16-10(14)11-6-9(12)13/h2-5H,6H2,1H3,(H,11,14)(H,12,13). The summed E-state index contributed by atoms with van der Waals surface area (Å²) in [6.45, 7) is -0.483. The van der Waals surface area contributed by atoms with Gasteiger partial charge >= 0.3 is 12.1 Å². The molecular weight excluding hydrogens is 214 g/mol. The molecule has 0 bridgehead atoms. The van der Waals surface area contributed by atoms with Crippen molar-refractivity contribution in [3.63, 3.8) is 0 Å². The molecule has 0 aromatic heterocycles. The molecule has 0 radical (unpaired) electrons. The molecule has 0 unspecified atom stereocenters. The smallest absolute Gasteiger partial charge is 0.413 e. The van der Waals surface area contributed by atoms with E-state index >= 15 is 0 Å². The van der Waals surface area contributed by atoms with Crippen molar-refractivity contribution in [2.75, 3.05) is 13.7 Å². The monoisotopic (exact) mass is 225 g/mol. The van der Waals surface area contributed by atoms with Crippen LogP contribution in [-0.2, 0) is 4.79 Å². The summed E-state index contributed by atoms with van der Waals surface area (Å²) in [4.78, 5) is 21.2. The van der Waals surface area contributed by atoms with Gasteiger partial charge in [-0.15, -0.1) is 0 Å². The lowest BCUT2D eigenvalue weighted by Gasteiger charge is -2.06. The first-order chi connectivity index (χ1) is 7.61. The van der Waals surface area contributed by atoms with Crippen LogP contribution in [0.15, 0.2) is 24.3 Å². The van der Waals surface area contributed by atoms with Crippen LogP contribution in [-0.4, -0.2) is 30.8 Å². The summed E-state index contributed by atoms with van der Waals surface area (Å²) in [5.74, 6) is -0.312. The van der Waals surface area contributed by atoms with E-state index in [-0.39, 0.29) is 5.75 Å². The first kappa shape index (κ1) is 11.8. The van der Waals surface area contributed by atoms with Gasteiger partial charge in [-0.3, -0.25) is 4.79 Å². The fourth-order valence-corrected chi connectivity index (χ4v) is 0.956. The zero-order valence-electron chi connectivity index (χ0n) is 8.60. The van der Waals surface area contributed by atoms with Crippen molar-refractivity contribution in [3.05, 3.63) is 24.3 Å². The molecule has 0 heterocycles. The van der Waals surface area contributed by atoms with Gasteiger partial charge in [0.2, 0.25) is 0 Å². The van der Waals surface area contributed by atoms with Crippen molar-refractivity contribution < 1.29 is 24.2 Å². The number of carboxylic acids is 1. The molecule has 0 aliphatic heterocycles. The lowest BCUT2D eigenvalue weighted by atomic mass is 10.3. The van der Waals surface area contributed by atoms with Gasteiger partial charge < -0.3 is 19.9 Å². The molecule has 1 amide bonds. The molecule has 6 heteroatoms. The van der Waals surface area contributed by atoms with Gasteiger partial charge in [0.05, 0.1) is 7.11 Å². The predicted molar refractivity (Wildman–Crippen MR) is 54.7 cm³/mol. The molecule has 2 N–H and O–H groups in total. The maximum absolute atomic E-state index is 11.1. The van der Waals surface area contributed by atoms with Crippen molar-refractivity contribution in [1.29, 1.82) is 0 Å². The second kappa shape index (κ2) is 5.59. The van der Waals surface area contributed by atoms with Crippen LogP contribution in [0, 0.1) is 0 Å². The Morgan fingerprint density at radius 2 is 2.06 bits per heavy atom. The second-order valence-electron chi connectivity index (χ2n) is 2.82. The molecule has 1 aromatic carbocycles. The number of hydrogen-bond donors (Lipinski definition) is 2. The normalized spacial score (nSPS) is 9.31. The Balaban J connectivity index is 2.52. The number of methoxy groups -OCH3 is 1. The van der Waals surface area contributed by atoms with Gasteiger partial charge in [0, 0.05) is 6.07 Å². The van der Waals surface area contributed by atoms with E-state index in [1.165, 1.54) is 13.2 Å². The maximum Gasteiger partial charge on any atom is 0.413 e. The van der Waals surface area contributed by atoms with Gasteiger partial charge in [0.1, 0.15) is 18.0 Å². The highest BCUT2D eigenvalue weighted by Gasteiger charge is 2.06. The van der Waals surface area contributed by atoms with Crippen LogP contribution in [0.4, 0.5) is 4.79 Å². The number of amides is 1. The number of nitrogens with one attached hydrogen (secondary N) is 1. The molecule has 0 aliphatic rings. The summed E-state index contributed by atoms with van der Waals surface area (Å²) in [6.07, 6.45) is -0.823. The number of aliphatic carboxylic acids is 1. The third kappa shape index (κ3) is 3.87. The summed E-state index contributed by atoms with van der Waals surface area (Å²) in [6, 6.07) is 6.42. The molecular formula is C10H11NO5. The Bertz CT molecular complexity index is 391. The fourth-order valence-electron chi connectivity index (χ4n) is 0.956. The zero-order valence-corrected chi connectivity index (χ0v) is 8.60. The van der Waals surface area contributed by atoms with Crippen LogP contribution in [0.1, 0.15) is 0 Å². The van der Waals surface area contributed by atoms with Crippen molar-refractivity contribution in [2.24, 2.45) is 0 Å². The molecule has 6 nitrogen and oxygen atoms in total. The van der Waals surface area contributed by atoms with Gasteiger partial charge in [-0.05, 0) is 12.1 Å². The number of rotatable bonds is 4. The molecule has 0 spiro atoms. The maximum atomic E-state index is 11.1. The topological polar surface area (TPSA) is 84.9 Å². The molecule has 0 saturated heterocycles. The molecule has 86 valence electrons. The summed E-state index contributed by atoms with van der Waals surface area (Å²) in [7, 11) is 1.49. The van der Waals surface area contributed by atoms with Gasteiger partial charge in [-0.25, -0.2) is 4.79 Å². The van der Waals surface area contributed by atoms with Crippen LogP contribution >= 0.6 is 0 Å². The van der Waals surface area contributed by atoms with E-state index in [1.807, 2.05) is 0 Å². The van der Waals surface area contributed by atoms with Gasteiger partial charge in [-0.2, -0.15) is 0 Å². The molecule has 0 saturated carbocycles. The highest BCUT2D eigenvalue weighted by Crippen LogP contribution is 2.18. The van der Waals surface area contributed by atoms with Crippen LogP contribution in [0.2, 0.25) is 0 Å². The van der Waals surface area contributed by atoms with E-state index < -0.39 is 18.6 Å². The number of benzene rings is 1. The molecule has 1 aromatic rings. The van der Waals surface area contributed by atoms with E-state index in [1.54, 1.807) is 18.2 Å². The number of carbonyl (C=O) groups excluding carboxylic acids is 1. The molecule has 1 rings (SSSR count). The van der Waals surface area contributed by atoms with Crippen molar-refractivity contribution in [2.45, 2.75) is 0 Å². The fraction of sp³-hybridized carbons (Fsp3) is 0.200. The number of ether oxygens (including phenoxy) is 2. The summed E-state index contributed by atoms with van der Waals surface area (Å²) < 4.78 is 9.74. The van der Waals surface area contributed by atoms with Gasteiger partial charge in [-0.1, -0.05) is 6.07 Å². The SMILES string of the molecule is COc1cccc(OC(=O)NCC(=O)O)c1. The summed E-state index contributed by atoms with van der Waals surface area (Å²) >= 11 is 0. The third-order valence-electron chi connectivity index (χ3n) is 1.64. The van der Waals surface area contributed by atoms with Gasteiger partial charge in [0.15, 0.2) is 0 Å². The van der Waals surface area contributed by atoms with Crippen molar-refractivity contribution in [1.82, 2.24) is 5.32 Å². The minimum absolute atomic E-state index is 0.280. The molecule has 0 fully saturated rings. The summed E-state index contributed by atoms with van der Waals surface area (Å²) in [5.41, 5.74) is 0. The van der Waals surface area contributed by atoms with E-state index in [0.29, 0.717) is 5.75 Å². The van der Waals surface area contributed by atoms with E-state index in [2.05, 4.69) is 5.32 Å². The average molecular weight is 225 g/mol. The minimum atomic E-state index is -1.14. The predicted octanol–water partition coefficient (Wildman–Crippen LogP) is 0.868. The van der Waals surface area contributed by atoms with Crippen LogP contribution < -0.4 is 14.8 Å².